The lowest BCUT2D eigenvalue weighted by atomic mass is 10.1. The van der Waals surface area contributed by atoms with Crippen molar-refractivity contribution in [3.63, 3.8) is 0 Å². The number of aliphatic hydroxyl groups excluding tert-OH is 1. The van der Waals surface area contributed by atoms with Crippen LogP contribution in [0.3, 0.4) is 0 Å². The fourth-order valence-electron chi connectivity index (χ4n) is 3.11. The minimum atomic E-state index is -0.726. The molecule has 5 atom stereocenters. The zero-order valence-electron chi connectivity index (χ0n) is 14.2. The van der Waals surface area contributed by atoms with Gasteiger partial charge >= 0.3 is 0 Å². The lowest BCUT2D eigenvalue weighted by Crippen LogP contribution is -2.41. The summed E-state index contributed by atoms with van der Waals surface area (Å²) in [6.45, 7) is 5.66. The van der Waals surface area contributed by atoms with Crippen LogP contribution < -0.4 is 4.74 Å². The summed E-state index contributed by atoms with van der Waals surface area (Å²) in [6, 6.07) is 5.75. The van der Waals surface area contributed by atoms with Gasteiger partial charge in [-0.1, -0.05) is 22.0 Å². The van der Waals surface area contributed by atoms with Crippen molar-refractivity contribution in [1.29, 1.82) is 0 Å². The minimum Gasteiger partial charge on any atom is -0.496 e. The topological polar surface area (TPSA) is 66.4 Å². The molecule has 0 bridgehead atoms. The molecule has 2 aliphatic heterocycles. The number of methoxy groups -OCH3 is 1. The molecule has 0 amide bonds. The Bertz CT molecular complexity index is 590. The summed E-state index contributed by atoms with van der Waals surface area (Å²) in [5.41, 5.74) is 0.909. The zero-order valence-corrected chi connectivity index (χ0v) is 15.8. The second kappa shape index (κ2) is 6.90. The molecule has 1 aromatic rings. The third-order valence-electron chi connectivity index (χ3n) is 4.18. The number of rotatable bonds is 5. The van der Waals surface area contributed by atoms with Gasteiger partial charge in [-0.25, -0.2) is 0 Å². The van der Waals surface area contributed by atoms with Crippen molar-refractivity contribution in [2.75, 3.05) is 7.11 Å². The van der Waals surface area contributed by atoms with Crippen LogP contribution in [-0.2, 0) is 25.6 Å². The third kappa shape index (κ3) is 3.61. The van der Waals surface area contributed by atoms with E-state index in [1.165, 1.54) is 0 Å². The van der Waals surface area contributed by atoms with Crippen molar-refractivity contribution in [3.8, 4) is 5.75 Å². The van der Waals surface area contributed by atoms with E-state index in [2.05, 4.69) is 15.9 Å². The SMILES string of the molecule is COc1cc(Br)ccc1CO[C@@H]1[C@H]2OC(C)(C)O[C@H]2O[C@@H]1[C@@H](C)O. The fourth-order valence-corrected chi connectivity index (χ4v) is 3.45. The van der Waals surface area contributed by atoms with Gasteiger partial charge in [0.15, 0.2) is 12.1 Å². The van der Waals surface area contributed by atoms with Gasteiger partial charge in [0, 0.05) is 10.0 Å². The Morgan fingerprint density at radius 3 is 2.75 bits per heavy atom. The monoisotopic (exact) mass is 402 g/mol. The van der Waals surface area contributed by atoms with Gasteiger partial charge in [0.2, 0.25) is 0 Å². The standard InChI is InChI=1S/C17H23BrO6/c1-9(19)13-14(15-16(22-13)24-17(2,3)23-15)21-8-10-5-6-11(18)7-12(10)20-4/h5-7,9,13-16,19H,8H2,1-4H3/t9-,13-,14+,15-,16-/m1/s1. The molecule has 0 saturated carbocycles. The molecule has 134 valence electrons. The second-order valence-corrected chi connectivity index (χ2v) is 7.46. The van der Waals surface area contributed by atoms with Crippen LogP contribution >= 0.6 is 15.9 Å². The highest BCUT2D eigenvalue weighted by molar-refractivity contribution is 9.10. The van der Waals surface area contributed by atoms with Gasteiger partial charge in [0.1, 0.15) is 24.1 Å². The molecule has 1 aromatic carbocycles. The first-order valence-electron chi connectivity index (χ1n) is 7.94. The normalized spacial score (nSPS) is 32.6. The number of benzene rings is 1. The van der Waals surface area contributed by atoms with E-state index in [1.807, 2.05) is 32.0 Å². The van der Waals surface area contributed by atoms with Crippen LogP contribution in [0.2, 0.25) is 0 Å². The number of aliphatic hydroxyl groups is 1. The van der Waals surface area contributed by atoms with Crippen LogP contribution in [0.15, 0.2) is 22.7 Å². The molecule has 0 aliphatic carbocycles. The highest BCUT2D eigenvalue weighted by atomic mass is 79.9. The highest BCUT2D eigenvalue weighted by Gasteiger charge is 2.56. The molecule has 3 rings (SSSR count). The molecule has 2 aliphatic rings. The molecular weight excluding hydrogens is 380 g/mol. The molecule has 0 unspecified atom stereocenters. The quantitative estimate of drug-likeness (QED) is 0.816. The summed E-state index contributed by atoms with van der Waals surface area (Å²) in [6.07, 6.45) is -2.53. The van der Waals surface area contributed by atoms with E-state index >= 15 is 0 Å². The second-order valence-electron chi connectivity index (χ2n) is 6.54. The molecule has 24 heavy (non-hydrogen) atoms. The molecular formula is C17H23BrO6. The molecule has 0 radical (unpaired) electrons. The average molecular weight is 403 g/mol. The first-order chi connectivity index (χ1) is 11.3. The third-order valence-corrected chi connectivity index (χ3v) is 4.68. The molecule has 0 spiro atoms. The van der Waals surface area contributed by atoms with Crippen LogP contribution in [0.5, 0.6) is 5.75 Å². The van der Waals surface area contributed by atoms with E-state index in [4.69, 9.17) is 23.7 Å². The number of halogens is 1. The van der Waals surface area contributed by atoms with Gasteiger partial charge in [0.05, 0.1) is 19.8 Å². The largest absolute Gasteiger partial charge is 0.496 e. The smallest absolute Gasteiger partial charge is 0.190 e. The lowest BCUT2D eigenvalue weighted by molar-refractivity contribution is -0.229. The Balaban J connectivity index is 1.74. The predicted octanol–water partition coefficient (Wildman–Crippen LogP) is 2.60. The van der Waals surface area contributed by atoms with Crippen LogP contribution in [0.25, 0.3) is 0 Å². The van der Waals surface area contributed by atoms with Crippen LogP contribution in [0, 0.1) is 0 Å². The van der Waals surface area contributed by atoms with Crippen LogP contribution in [0.4, 0.5) is 0 Å². The molecule has 1 N–H and O–H groups in total. The summed E-state index contributed by atoms with van der Waals surface area (Å²) in [4.78, 5) is 0. The average Bonchev–Trinajstić information content (AvgIpc) is 2.98. The van der Waals surface area contributed by atoms with Gasteiger partial charge < -0.3 is 28.8 Å². The van der Waals surface area contributed by atoms with Crippen molar-refractivity contribution < 1.29 is 28.8 Å². The van der Waals surface area contributed by atoms with E-state index in [1.54, 1.807) is 14.0 Å². The molecule has 0 aromatic heterocycles. The number of hydrogen-bond donors (Lipinski definition) is 1. The summed E-state index contributed by atoms with van der Waals surface area (Å²) >= 11 is 3.42. The molecule has 6 nitrogen and oxygen atoms in total. The van der Waals surface area contributed by atoms with Crippen molar-refractivity contribution in [2.45, 2.75) is 63.9 Å². The first kappa shape index (κ1) is 18.1. The zero-order chi connectivity index (χ0) is 17.5. The maximum atomic E-state index is 10.00. The number of fused-ring (bicyclic) bond motifs is 1. The summed E-state index contributed by atoms with van der Waals surface area (Å²) in [5.74, 6) is 0.00738. The number of hydrogen-bond acceptors (Lipinski definition) is 6. The van der Waals surface area contributed by atoms with Gasteiger partial charge in [-0.2, -0.15) is 0 Å². The summed E-state index contributed by atoms with van der Waals surface area (Å²) < 4.78 is 29.8. The maximum Gasteiger partial charge on any atom is 0.190 e. The van der Waals surface area contributed by atoms with E-state index in [0.29, 0.717) is 6.61 Å². The maximum absolute atomic E-state index is 10.00. The Morgan fingerprint density at radius 1 is 1.33 bits per heavy atom. The lowest BCUT2D eigenvalue weighted by Gasteiger charge is -2.27. The molecule has 7 heteroatoms. The van der Waals surface area contributed by atoms with E-state index in [-0.39, 0.29) is 6.10 Å². The first-order valence-corrected chi connectivity index (χ1v) is 8.73. The predicted molar refractivity (Wildman–Crippen MR) is 89.6 cm³/mol. The van der Waals surface area contributed by atoms with Crippen molar-refractivity contribution in [1.82, 2.24) is 0 Å². The number of ether oxygens (including phenoxy) is 5. The summed E-state index contributed by atoms with van der Waals surface area (Å²) in [5, 5.41) is 10.00. The highest BCUT2D eigenvalue weighted by Crippen LogP contribution is 2.40. The van der Waals surface area contributed by atoms with E-state index < -0.39 is 30.4 Å². The molecule has 2 heterocycles. The Hall–Kier alpha value is -0.700. The van der Waals surface area contributed by atoms with Gasteiger partial charge in [-0.05, 0) is 32.9 Å². The Labute approximate surface area is 150 Å². The van der Waals surface area contributed by atoms with Gasteiger partial charge in [-0.15, -0.1) is 0 Å². The minimum absolute atomic E-state index is 0.320. The molecule has 2 saturated heterocycles. The van der Waals surface area contributed by atoms with E-state index in [0.717, 1.165) is 15.8 Å². The van der Waals surface area contributed by atoms with Crippen LogP contribution in [-0.4, -0.2) is 48.7 Å². The van der Waals surface area contributed by atoms with Gasteiger partial charge in [-0.3, -0.25) is 0 Å². The fraction of sp³-hybridized carbons (Fsp3) is 0.647. The summed E-state index contributed by atoms with van der Waals surface area (Å²) in [7, 11) is 1.62. The molecule has 2 fully saturated rings. The van der Waals surface area contributed by atoms with Crippen molar-refractivity contribution in [3.05, 3.63) is 28.2 Å². The van der Waals surface area contributed by atoms with Crippen molar-refractivity contribution in [2.24, 2.45) is 0 Å². The van der Waals surface area contributed by atoms with E-state index in [9.17, 15) is 5.11 Å². The van der Waals surface area contributed by atoms with Crippen molar-refractivity contribution >= 4 is 15.9 Å². The van der Waals surface area contributed by atoms with Gasteiger partial charge in [0.25, 0.3) is 0 Å². The Morgan fingerprint density at radius 2 is 2.08 bits per heavy atom. The van der Waals surface area contributed by atoms with Crippen LogP contribution in [0.1, 0.15) is 26.3 Å². The Kier molecular flexibility index (Phi) is 5.20.